The van der Waals surface area contributed by atoms with Gasteiger partial charge < -0.3 is 14.9 Å². The lowest BCUT2D eigenvalue weighted by Gasteiger charge is -2.35. The van der Waals surface area contributed by atoms with Crippen LogP contribution in [0, 0.1) is 0 Å². The van der Waals surface area contributed by atoms with Crippen LogP contribution in [0.1, 0.15) is 36.5 Å². The molecule has 0 saturated carbocycles. The number of aliphatic hydroxyl groups is 1. The van der Waals surface area contributed by atoms with Crippen molar-refractivity contribution in [1.29, 1.82) is 0 Å². The molecule has 25 heavy (non-hydrogen) atoms. The third-order valence-electron chi connectivity index (χ3n) is 4.93. The normalized spacial score (nSPS) is 20.6. The summed E-state index contributed by atoms with van der Waals surface area (Å²) in [6, 6.07) is 7.39. The van der Waals surface area contributed by atoms with Crippen molar-refractivity contribution in [2.45, 2.75) is 32.3 Å². The van der Waals surface area contributed by atoms with E-state index in [1.807, 2.05) is 34.1 Å². The van der Waals surface area contributed by atoms with Crippen molar-refractivity contribution in [3.8, 4) is 0 Å². The average molecular weight is 345 g/mol. The highest BCUT2D eigenvalue weighted by molar-refractivity contribution is 5.97. The Balaban J connectivity index is 1.59. The van der Waals surface area contributed by atoms with Crippen LogP contribution in [0.4, 0.5) is 5.69 Å². The lowest BCUT2D eigenvalue weighted by atomic mass is 10.1. The first kappa shape index (κ1) is 17.9. The van der Waals surface area contributed by atoms with Gasteiger partial charge in [-0.3, -0.25) is 14.5 Å². The van der Waals surface area contributed by atoms with E-state index in [1.165, 1.54) is 0 Å². The Bertz CT molecular complexity index is 607. The summed E-state index contributed by atoms with van der Waals surface area (Å²) >= 11 is 0. The molecule has 2 aliphatic heterocycles. The van der Waals surface area contributed by atoms with Crippen LogP contribution in [0.5, 0.6) is 0 Å². The fraction of sp³-hybridized carbons (Fsp3) is 0.579. The van der Waals surface area contributed by atoms with E-state index in [4.69, 9.17) is 0 Å². The standard InChI is InChI=1S/C19H27N3O3/c1-15(23)14-20-10-12-21(13-11-20)19(25)16-5-7-17(8-6-16)22-9-3-2-4-18(22)24/h5-8,15,23H,2-4,9-14H2,1H3/t15-/m0/s1. The lowest BCUT2D eigenvalue weighted by molar-refractivity contribution is -0.119. The molecule has 2 heterocycles. The lowest BCUT2D eigenvalue weighted by Crippen LogP contribution is -2.50. The van der Waals surface area contributed by atoms with Gasteiger partial charge in [0.1, 0.15) is 0 Å². The molecule has 1 atom stereocenters. The number of rotatable bonds is 4. The molecule has 1 N–H and O–H groups in total. The topological polar surface area (TPSA) is 64.1 Å². The number of hydrogen-bond acceptors (Lipinski definition) is 4. The zero-order chi connectivity index (χ0) is 17.8. The third-order valence-corrected chi connectivity index (χ3v) is 4.93. The summed E-state index contributed by atoms with van der Waals surface area (Å²) in [6.45, 7) is 6.13. The van der Waals surface area contributed by atoms with E-state index < -0.39 is 0 Å². The Morgan fingerprint density at radius 1 is 1.08 bits per heavy atom. The molecular weight excluding hydrogens is 318 g/mol. The maximum absolute atomic E-state index is 12.7. The Morgan fingerprint density at radius 3 is 2.36 bits per heavy atom. The van der Waals surface area contributed by atoms with Crippen molar-refractivity contribution in [3.05, 3.63) is 29.8 Å². The van der Waals surface area contributed by atoms with E-state index in [9.17, 15) is 14.7 Å². The highest BCUT2D eigenvalue weighted by Gasteiger charge is 2.23. The maximum Gasteiger partial charge on any atom is 0.253 e. The van der Waals surface area contributed by atoms with E-state index in [-0.39, 0.29) is 17.9 Å². The molecule has 1 aromatic rings. The van der Waals surface area contributed by atoms with E-state index in [0.29, 0.717) is 31.6 Å². The number of piperidine rings is 1. The van der Waals surface area contributed by atoms with Crippen molar-refractivity contribution >= 4 is 17.5 Å². The molecule has 2 fully saturated rings. The van der Waals surface area contributed by atoms with Gasteiger partial charge in [0.05, 0.1) is 6.10 Å². The number of anilines is 1. The number of amides is 2. The fourth-order valence-electron chi connectivity index (χ4n) is 3.55. The minimum atomic E-state index is -0.340. The number of β-amino-alcohol motifs (C(OH)–C–C–N with tert-alkyl or cyclic N) is 1. The van der Waals surface area contributed by atoms with E-state index in [2.05, 4.69) is 4.90 Å². The van der Waals surface area contributed by atoms with Crippen LogP contribution in [0.2, 0.25) is 0 Å². The predicted octanol–water partition coefficient (Wildman–Crippen LogP) is 1.34. The first-order valence-electron chi connectivity index (χ1n) is 9.15. The molecule has 1 aromatic carbocycles. The second-order valence-corrected chi connectivity index (χ2v) is 6.99. The smallest absolute Gasteiger partial charge is 0.253 e. The largest absolute Gasteiger partial charge is 0.392 e. The minimum absolute atomic E-state index is 0.0354. The number of piperazine rings is 1. The van der Waals surface area contributed by atoms with Gasteiger partial charge in [0.2, 0.25) is 5.91 Å². The zero-order valence-corrected chi connectivity index (χ0v) is 14.9. The molecule has 0 unspecified atom stereocenters. The van der Waals surface area contributed by atoms with Gasteiger partial charge >= 0.3 is 0 Å². The van der Waals surface area contributed by atoms with Crippen LogP contribution in [0.25, 0.3) is 0 Å². The number of nitrogens with zero attached hydrogens (tertiary/aromatic N) is 3. The van der Waals surface area contributed by atoms with Crippen molar-refractivity contribution in [3.63, 3.8) is 0 Å². The average Bonchev–Trinajstić information content (AvgIpc) is 2.62. The summed E-state index contributed by atoms with van der Waals surface area (Å²) in [5.74, 6) is 0.202. The first-order valence-corrected chi connectivity index (χ1v) is 9.15. The van der Waals surface area contributed by atoms with Crippen LogP contribution < -0.4 is 4.90 Å². The summed E-state index contributed by atoms with van der Waals surface area (Å²) in [4.78, 5) is 30.5. The third kappa shape index (κ3) is 4.38. The van der Waals surface area contributed by atoms with Gasteiger partial charge in [0, 0.05) is 56.9 Å². The Labute approximate surface area is 149 Å². The Kier molecular flexibility index (Phi) is 5.71. The zero-order valence-electron chi connectivity index (χ0n) is 14.9. The SMILES string of the molecule is C[C@H](O)CN1CCN(C(=O)c2ccc(N3CCCCC3=O)cc2)CC1. The highest BCUT2D eigenvalue weighted by atomic mass is 16.3. The number of carbonyl (C=O) groups excluding carboxylic acids is 2. The van der Waals surface area contributed by atoms with E-state index in [1.54, 1.807) is 6.92 Å². The highest BCUT2D eigenvalue weighted by Crippen LogP contribution is 2.22. The van der Waals surface area contributed by atoms with Gasteiger partial charge in [-0.2, -0.15) is 0 Å². The second kappa shape index (κ2) is 7.97. The molecule has 0 bridgehead atoms. The second-order valence-electron chi connectivity index (χ2n) is 6.99. The van der Waals surface area contributed by atoms with Crippen LogP contribution in [-0.2, 0) is 4.79 Å². The van der Waals surface area contributed by atoms with Crippen LogP contribution in [0.15, 0.2) is 24.3 Å². The summed E-state index contributed by atoms with van der Waals surface area (Å²) in [5.41, 5.74) is 1.54. The van der Waals surface area contributed by atoms with Gasteiger partial charge in [0.15, 0.2) is 0 Å². The molecule has 2 saturated heterocycles. The maximum atomic E-state index is 12.7. The van der Waals surface area contributed by atoms with Crippen molar-refractivity contribution in [1.82, 2.24) is 9.80 Å². The number of benzene rings is 1. The van der Waals surface area contributed by atoms with E-state index in [0.717, 1.165) is 38.2 Å². The fourth-order valence-corrected chi connectivity index (χ4v) is 3.55. The molecule has 0 radical (unpaired) electrons. The predicted molar refractivity (Wildman–Crippen MR) is 96.7 cm³/mol. The summed E-state index contributed by atoms with van der Waals surface area (Å²) in [5, 5.41) is 9.46. The molecule has 6 heteroatoms. The number of hydrogen-bond donors (Lipinski definition) is 1. The molecule has 136 valence electrons. The van der Waals surface area contributed by atoms with Crippen LogP contribution in [0.3, 0.4) is 0 Å². The van der Waals surface area contributed by atoms with Gasteiger partial charge in [-0.05, 0) is 44.0 Å². The van der Waals surface area contributed by atoms with Gasteiger partial charge in [0.25, 0.3) is 5.91 Å². The Morgan fingerprint density at radius 2 is 1.76 bits per heavy atom. The first-order chi connectivity index (χ1) is 12.0. The van der Waals surface area contributed by atoms with Crippen LogP contribution in [-0.4, -0.2) is 72.1 Å². The molecule has 0 aromatic heterocycles. The van der Waals surface area contributed by atoms with Gasteiger partial charge in [-0.1, -0.05) is 0 Å². The Hall–Kier alpha value is -1.92. The molecule has 2 aliphatic rings. The number of carbonyl (C=O) groups is 2. The summed E-state index contributed by atoms with van der Waals surface area (Å²) in [6.07, 6.45) is 2.26. The molecule has 0 spiro atoms. The molecule has 3 rings (SSSR count). The van der Waals surface area contributed by atoms with Crippen LogP contribution >= 0.6 is 0 Å². The monoisotopic (exact) mass is 345 g/mol. The molecule has 2 amide bonds. The molecule has 6 nitrogen and oxygen atoms in total. The molecular formula is C19H27N3O3. The summed E-state index contributed by atoms with van der Waals surface area (Å²) < 4.78 is 0. The van der Waals surface area contributed by atoms with Crippen molar-refractivity contribution in [2.75, 3.05) is 44.2 Å². The quantitative estimate of drug-likeness (QED) is 0.894. The van der Waals surface area contributed by atoms with Crippen molar-refractivity contribution in [2.24, 2.45) is 0 Å². The van der Waals surface area contributed by atoms with Gasteiger partial charge in [-0.15, -0.1) is 0 Å². The minimum Gasteiger partial charge on any atom is -0.392 e. The summed E-state index contributed by atoms with van der Waals surface area (Å²) in [7, 11) is 0. The van der Waals surface area contributed by atoms with Crippen molar-refractivity contribution < 1.29 is 14.7 Å². The van der Waals surface area contributed by atoms with E-state index >= 15 is 0 Å². The number of aliphatic hydroxyl groups excluding tert-OH is 1. The molecule has 0 aliphatic carbocycles. The van der Waals surface area contributed by atoms with Gasteiger partial charge in [-0.25, -0.2) is 0 Å².